The Balaban J connectivity index is 2.00. The zero-order valence-electron chi connectivity index (χ0n) is 20.7. The van der Waals surface area contributed by atoms with Gasteiger partial charge in [0.05, 0.1) is 32.1 Å². The first kappa shape index (κ1) is 26.1. The number of carbonyl (C=O) groups excluding carboxylic acids is 2. The third-order valence-corrected chi connectivity index (χ3v) is 5.54. The standard InChI is InChI=1S/C26H31ClN4O4/c1-6-25(33)30(14-17(2)3)16-24(32)29-26-28-23(18-7-9-19(27)10-8-18)15-31(26)20-11-21(34-4)13-22(12-20)35-5/h7-13,15,17H,6,14,16H2,1-5H3,(H,28,29,32). The predicted molar refractivity (Wildman–Crippen MR) is 137 cm³/mol. The molecule has 0 spiro atoms. The smallest absolute Gasteiger partial charge is 0.246 e. The van der Waals surface area contributed by atoms with E-state index in [1.165, 1.54) is 0 Å². The average Bonchev–Trinajstić information content (AvgIpc) is 3.26. The molecule has 0 atom stereocenters. The molecule has 0 aliphatic carbocycles. The number of anilines is 1. The maximum atomic E-state index is 13.0. The quantitative estimate of drug-likeness (QED) is 0.423. The van der Waals surface area contributed by atoms with E-state index in [9.17, 15) is 9.59 Å². The SMILES string of the molecule is CCC(=O)N(CC(=O)Nc1nc(-c2ccc(Cl)cc2)cn1-c1cc(OC)cc(OC)c1)CC(C)C. The van der Waals surface area contributed by atoms with Crippen LogP contribution in [0.15, 0.2) is 48.7 Å². The molecule has 35 heavy (non-hydrogen) atoms. The van der Waals surface area contributed by atoms with Crippen LogP contribution >= 0.6 is 11.6 Å². The first-order chi connectivity index (χ1) is 16.7. The molecule has 0 saturated carbocycles. The second kappa shape index (κ2) is 11.8. The fourth-order valence-corrected chi connectivity index (χ4v) is 3.74. The van der Waals surface area contributed by atoms with Gasteiger partial charge in [0.2, 0.25) is 17.8 Å². The summed E-state index contributed by atoms with van der Waals surface area (Å²) in [5.41, 5.74) is 2.16. The van der Waals surface area contributed by atoms with Gasteiger partial charge in [-0.15, -0.1) is 0 Å². The van der Waals surface area contributed by atoms with Crippen LogP contribution < -0.4 is 14.8 Å². The van der Waals surface area contributed by atoms with Gasteiger partial charge in [-0.25, -0.2) is 4.98 Å². The first-order valence-corrected chi connectivity index (χ1v) is 11.8. The Morgan fingerprint density at radius 3 is 2.26 bits per heavy atom. The molecule has 3 rings (SSSR count). The average molecular weight is 499 g/mol. The predicted octanol–water partition coefficient (Wildman–Crippen LogP) is 5.04. The molecule has 3 aromatic rings. The Bertz CT molecular complexity index is 1150. The normalized spacial score (nSPS) is 10.8. The van der Waals surface area contributed by atoms with Crippen molar-refractivity contribution in [2.24, 2.45) is 5.92 Å². The number of methoxy groups -OCH3 is 2. The number of amides is 2. The summed E-state index contributed by atoms with van der Waals surface area (Å²) in [6, 6.07) is 12.7. The van der Waals surface area contributed by atoms with E-state index in [4.69, 9.17) is 21.1 Å². The molecule has 2 aromatic carbocycles. The fraction of sp³-hybridized carbons (Fsp3) is 0.346. The molecule has 0 saturated heterocycles. The lowest BCUT2D eigenvalue weighted by Gasteiger charge is -2.23. The summed E-state index contributed by atoms with van der Waals surface area (Å²) in [4.78, 5) is 31.6. The maximum absolute atomic E-state index is 13.0. The Hall–Kier alpha value is -3.52. The number of imidazole rings is 1. The van der Waals surface area contributed by atoms with Crippen LogP contribution in [-0.2, 0) is 9.59 Å². The van der Waals surface area contributed by atoms with E-state index in [-0.39, 0.29) is 24.3 Å². The molecule has 1 N–H and O–H groups in total. The van der Waals surface area contributed by atoms with Crippen molar-refractivity contribution in [3.05, 3.63) is 53.7 Å². The summed E-state index contributed by atoms with van der Waals surface area (Å²) in [6.07, 6.45) is 2.15. The van der Waals surface area contributed by atoms with E-state index in [0.29, 0.717) is 46.8 Å². The van der Waals surface area contributed by atoms with Crippen molar-refractivity contribution in [3.8, 4) is 28.4 Å². The molecular formula is C26H31ClN4O4. The lowest BCUT2D eigenvalue weighted by atomic mass is 10.2. The lowest BCUT2D eigenvalue weighted by molar-refractivity contribution is -0.134. The summed E-state index contributed by atoms with van der Waals surface area (Å²) in [7, 11) is 3.14. The van der Waals surface area contributed by atoms with Gasteiger partial charge in [0.1, 0.15) is 11.5 Å². The van der Waals surface area contributed by atoms with Crippen LogP contribution in [0.1, 0.15) is 27.2 Å². The summed E-state index contributed by atoms with van der Waals surface area (Å²) in [5, 5.41) is 3.50. The van der Waals surface area contributed by atoms with E-state index >= 15 is 0 Å². The van der Waals surface area contributed by atoms with Gasteiger partial charge in [-0.05, 0) is 18.1 Å². The molecule has 0 bridgehead atoms. The van der Waals surface area contributed by atoms with Crippen molar-refractivity contribution in [2.45, 2.75) is 27.2 Å². The monoisotopic (exact) mass is 498 g/mol. The molecule has 8 nitrogen and oxygen atoms in total. The molecule has 9 heteroatoms. The number of hydrogen-bond donors (Lipinski definition) is 1. The van der Waals surface area contributed by atoms with Crippen LogP contribution in [-0.4, -0.2) is 53.6 Å². The number of halogens is 1. The number of rotatable bonds is 10. The van der Waals surface area contributed by atoms with Crippen LogP contribution in [0.3, 0.4) is 0 Å². The second-order valence-corrected chi connectivity index (χ2v) is 8.90. The summed E-state index contributed by atoms with van der Waals surface area (Å²) >= 11 is 6.05. The molecule has 0 fully saturated rings. The van der Waals surface area contributed by atoms with Gasteiger partial charge in [-0.1, -0.05) is 44.5 Å². The first-order valence-electron chi connectivity index (χ1n) is 11.4. The molecule has 186 valence electrons. The van der Waals surface area contributed by atoms with Gasteiger partial charge < -0.3 is 14.4 Å². The van der Waals surface area contributed by atoms with Gasteiger partial charge in [0.15, 0.2) is 0 Å². The van der Waals surface area contributed by atoms with Crippen LogP contribution in [0.4, 0.5) is 5.95 Å². The van der Waals surface area contributed by atoms with Crippen molar-refractivity contribution in [1.82, 2.24) is 14.5 Å². The van der Waals surface area contributed by atoms with Crippen molar-refractivity contribution in [2.75, 3.05) is 32.6 Å². The number of aromatic nitrogens is 2. The molecular weight excluding hydrogens is 468 g/mol. The summed E-state index contributed by atoms with van der Waals surface area (Å²) < 4.78 is 12.6. The van der Waals surface area contributed by atoms with E-state index in [0.717, 1.165) is 5.56 Å². The van der Waals surface area contributed by atoms with Crippen molar-refractivity contribution in [1.29, 1.82) is 0 Å². The summed E-state index contributed by atoms with van der Waals surface area (Å²) in [5.74, 6) is 1.32. The largest absolute Gasteiger partial charge is 0.497 e. The Labute approximate surface area is 210 Å². The minimum Gasteiger partial charge on any atom is -0.497 e. The highest BCUT2D eigenvalue weighted by molar-refractivity contribution is 6.30. The minimum atomic E-state index is -0.336. The Morgan fingerprint density at radius 1 is 1.09 bits per heavy atom. The van der Waals surface area contributed by atoms with E-state index < -0.39 is 0 Å². The van der Waals surface area contributed by atoms with E-state index in [1.807, 2.05) is 44.3 Å². The van der Waals surface area contributed by atoms with Crippen molar-refractivity contribution >= 4 is 29.4 Å². The third kappa shape index (κ3) is 6.76. The number of nitrogens with zero attached hydrogens (tertiary/aromatic N) is 3. The maximum Gasteiger partial charge on any atom is 0.246 e. The molecule has 1 heterocycles. The van der Waals surface area contributed by atoms with Gasteiger partial charge >= 0.3 is 0 Å². The van der Waals surface area contributed by atoms with Gasteiger partial charge in [0, 0.05) is 47.9 Å². The summed E-state index contributed by atoms with van der Waals surface area (Å²) in [6.45, 7) is 6.24. The van der Waals surface area contributed by atoms with E-state index in [2.05, 4.69) is 10.3 Å². The zero-order valence-corrected chi connectivity index (χ0v) is 21.4. The highest BCUT2D eigenvalue weighted by atomic mass is 35.5. The number of hydrogen-bond acceptors (Lipinski definition) is 5. The number of nitrogens with one attached hydrogen (secondary N) is 1. The highest BCUT2D eigenvalue weighted by Crippen LogP contribution is 2.30. The molecule has 0 unspecified atom stereocenters. The number of carbonyl (C=O) groups is 2. The van der Waals surface area contributed by atoms with Crippen LogP contribution in [0, 0.1) is 5.92 Å². The number of ether oxygens (including phenoxy) is 2. The number of benzene rings is 2. The van der Waals surface area contributed by atoms with Crippen molar-refractivity contribution < 1.29 is 19.1 Å². The second-order valence-electron chi connectivity index (χ2n) is 8.47. The van der Waals surface area contributed by atoms with Gasteiger partial charge in [0.25, 0.3) is 0 Å². The third-order valence-electron chi connectivity index (χ3n) is 5.29. The molecule has 1 aromatic heterocycles. The Kier molecular flexibility index (Phi) is 8.76. The zero-order chi connectivity index (χ0) is 25.5. The van der Waals surface area contributed by atoms with Crippen LogP contribution in [0.25, 0.3) is 16.9 Å². The van der Waals surface area contributed by atoms with Gasteiger partial charge in [-0.3, -0.25) is 19.5 Å². The Morgan fingerprint density at radius 2 is 1.71 bits per heavy atom. The van der Waals surface area contributed by atoms with Crippen LogP contribution in [0.2, 0.25) is 5.02 Å². The molecule has 0 radical (unpaired) electrons. The lowest BCUT2D eigenvalue weighted by Crippen LogP contribution is -2.40. The van der Waals surface area contributed by atoms with Crippen molar-refractivity contribution in [3.63, 3.8) is 0 Å². The molecule has 0 aliphatic heterocycles. The van der Waals surface area contributed by atoms with E-state index in [1.54, 1.807) is 48.8 Å². The van der Waals surface area contributed by atoms with Gasteiger partial charge in [-0.2, -0.15) is 0 Å². The minimum absolute atomic E-state index is 0.0601. The molecule has 0 aliphatic rings. The molecule has 2 amide bonds. The fourth-order valence-electron chi connectivity index (χ4n) is 3.61. The van der Waals surface area contributed by atoms with Crippen LogP contribution in [0.5, 0.6) is 11.5 Å². The highest BCUT2D eigenvalue weighted by Gasteiger charge is 2.20. The topological polar surface area (TPSA) is 85.7 Å².